The Morgan fingerprint density at radius 2 is 1.81 bits per heavy atom. The zero-order chi connectivity index (χ0) is 12.6. The molecular weight excluding hydrogens is 198 g/mol. The summed E-state index contributed by atoms with van der Waals surface area (Å²) in [5, 5.41) is 2.43. The first kappa shape index (κ1) is 15.5. The van der Waals surface area contributed by atoms with Crippen molar-refractivity contribution >= 4 is 6.41 Å². The standard InChI is InChI=1S/C11H22.C3H7NO/c1-9(2)10-5-7-11(3,4)8-6-10;1-2-4-3-5/h9-10H,5-8H2,1-4H3;3H,2H2,1H3,(H,4,5). The predicted octanol–water partition coefficient (Wildman–Crippen LogP) is 3.61. The fourth-order valence-electron chi connectivity index (χ4n) is 2.17. The number of hydrogen-bond acceptors (Lipinski definition) is 1. The van der Waals surface area contributed by atoms with Crippen molar-refractivity contribution in [1.82, 2.24) is 5.32 Å². The number of nitrogens with one attached hydrogen (secondary N) is 1. The van der Waals surface area contributed by atoms with Crippen LogP contribution in [0.4, 0.5) is 0 Å². The summed E-state index contributed by atoms with van der Waals surface area (Å²) in [5.41, 5.74) is 0.644. The average Bonchev–Trinajstić information content (AvgIpc) is 2.19. The second-order valence-electron chi connectivity index (χ2n) is 5.92. The largest absolute Gasteiger partial charge is 0.359 e. The molecule has 0 aromatic rings. The van der Waals surface area contributed by atoms with Crippen LogP contribution in [0.5, 0.6) is 0 Å². The van der Waals surface area contributed by atoms with Crippen LogP contribution in [0.3, 0.4) is 0 Å². The minimum Gasteiger partial charge on any atom is -0.359 e. The summed E-state index contributed by atoms with van der Waals surface area (Å²) >= 11 is 0. The Kier molecular flexibility index (Phi) is 7.44. The quantitative estimate of drug-likeness (QED) is 0.733. The van der Waals surface area contributed by atoms with E-state index in [1.54, 1.807) is 0 Å². The van der Waals surface area contributed by atoms with Gasteiger partial charge in [-0.2, -0.15) is 0 Å². The van der Waals surface area contributed by atoms with Gasteiger partial charge >= 0.3 is 0 Å². The fraction of sp³-hybridized carbons (Fsp3) is 0.929. The molecule has 16 heavy (non-hydrogen) atoms. The third-order valence-electron chi connectivity index (χ3n) is 3.61. The van der Waals surface area contributed by atoms with Gasteiger partial charge in [0.05, 0.1) is 0 Å². The van der Waals surface area contributed by atoms with E-state index in [1.165, 1.54) is 25.7 Å². The van der Waals surface area contributed by atoms with Gasteiger partial charge in [0.1, 0.15) is 0 Å². The molecule has 0 unspecified atom stereocenters. The third-order valence-corrected chi connectivity index (χ3v) is 3.61. The summed E-state index contributed by atoms with van der Waals surface area (Å²) in [6, 6.07) is 0. The first-order chi connectivity index (χ1) is 7.43. The van der Waals surface area contributed by atoms with Crippen molar-refractivity contribution in [2.24, 2.45) is 17.3 Å². The molecule has 1 aliphatic carbocycles. The fourth-order valence-corrected chi connectivity index (χ4v) is 2.17. The highest BCUT2D eigenvalue weighted by atomic mass is 16.1. The minimum absolute atomic E-state index is 0.644. The molecule has 0 aromatic heterocycles. The van der Waals surface area contributed by atoms with Crippen LogP contribution in [-0.4, -0.2) is 13.0 Å². The van der Waals surface area contributed by atoms with Crippen molar-refractivity contribution in [3.8, 4) is 0 Å². The number of rotatable bonds is 3. The lowest BCUT2D eigenvalue weighted by molar-refractivity contribution is -0.109. The number of carbonyl (C=O) groups is 1. The Morgan fingerprint density at radius 3 is 2.06 bits per heavy atom. The van der Waals surface area contributed by atoms with E-state index in [9.17, 15) is 4.79 Å². The smallest absolute Gasteiger partial charge is 0.207 e. The highest BCUT2D eigenvalue weighted by Gasteiger charge is 2.27. The second-order valence-corrected chi connectivity index (χ2v) is 5.92. The predicted molar refractivity (Wildman–Crippen MR) is 70.3 cm³/mol. The minimum atomic E-state index is 0.644. The van der Waals surface area contributed by atoms with Crippen molar-refractivity contribution < 1.29 is 4.79 Å². The first-order valence-corrected chi connectivity index (χ1v) is 6.60. The van der Waals surface area contributed by atoms with Crippen LogP contribution < -0.4 is 5.32 Å². The molecule has 1 saturated carbocycles. The third kappa shape index (κ3) is 6.86. The van der Waals surface area contributed by atoms with Crippen molar-refractivity contribution in [3.05, 3.63) is 0 Å². The van der Waals surface area contributed by atoms with E-state index in [0.717, 1.165) is 18.4 Å². The van der Waals surface area contributed by atoms with Gasteiger partial charge in [0.25, 0.3) is 0 Å². The van der Waals surface area contributed by atoms with E-state index >= 15 is 0 Å². The Labute approximate surface area is 101 Å². The topological polar surface area (TPSA) is 29.1 Å². The second kappa shape index (κ2) is 7.70. The maximum Gasteiger partial charge on any atom is 0.207 e. The molecular formula is C14H29NO. The normalized spacial score (nSPS) is 19.9. The molecule has 1 rings (SSSR count). The summed E-state index contributed by atoms with van der Waals surface area (Å²) in [4.78, 5) is 9.29. The van der Waals surface area contributed by atoms with Gasteiger partial charge in [-0.25, -0.2) is 0 Å². The van der Waals surface area contributed by atoms with Crippen LogP contribution in [0.25, 0.3) is 0 Å². The molecule has 1 amide bonds. The van der Waals surface area contributed by atoms with E-state index in [1.807, 2.05) is 6.92 Å². The summed E-state index contributed by atoms with van der Waals surface area (Å²) in [6.45, 7) is 12.1. The molecule has 0 saturated heterocycles. The lowest BCUT2D eigenvalue weighted by atomic mass is 9.70. The summed E-state index contributed by atoms with van der Waals surface area (Å²) in [7, 11) is 0. The van der Waals surface area contributed by atoms with Crippen molar-refractivity contribution in [2.45, 2.75) is 60.3 Å². The molecule has 96 valence electrons. The van der Waals surface area contributed by atoms with Crippen LogP contribution in [0.1, 0.15) is 60.3 Å². The van der Waals surface area contributed by atoms with Crippen LogP contribution in [0, 0.1) is 17.3 Å². The summed E-state index contributed by atoms with van der Waals surface area (Å²) in [5.74, 6) is 1.93. The van der Waals surface area contributed by atoms with E-state index < -0.39 is 0 Å². The Bertz CT molecular complexity index is 177. The van der Waals surface area contributed by atoms with Crippen LogP contribution in [0.2, 0.25) is 0 Å². The lowest BCUT2D eigenvalue weighted by Gasteiger charge is -2.36. The molecule has 2 nitrogen and oxygen atoms in total. The van der Waals surface area contributed by atoms with Crippen molar-refractivity contribution in [3.63, 3.8) is 0 Å². The van der Waals surface area contributed by atoms with E-state index in [-0.39, 0.29) is 0 Å². The molecule has 0 atom stereocenters. The number of amides is 1. The van der Waals surface area contributed by atoms with Crippen molar-refractivity contribution in [1.29, 1.82) is 0 Å². The monoisotopic (exact) mass is 227 g/mol. The molecule has 1 aliphatic rings. The van der Waals surface area contributed by atoms with Gasteiger partial charge in [-0.1, -0.05) is 27.7 Å². The van der Waals surface area contributed by atoms with Gasteiger partial charge in [-0.05, 0) is 49.9 Å². The average molecular weight is 227 g/mol. The van der Waals surface area contributed by atoms with Crippen LogP contribution >= 0.6 is 0 Å². The highest BCUT2D eigenvalue weighted by molar-refractivity contribution is 5.45. The number of hydrogen-bond donors (Lipinski definition) is 1. The van der Waals surface area contributed by atoms with Crippen molar-refractivity contribution in [2.75, 3.05) is 6.54 Å². The Balaban J connectivity index is 0.000000385. The summed E-state index contributed by atoms with van der Waals surface area (Å²) in [6.07, 6.45) is 6.49. The Morgan fingerprint density at radius 1 is 1.31 bits per heavy atom. The van der Waals surface area contributed by atoms with Gasteiger partial charge in [-0.3, -0.25) is 4.79 Å². The van der Waals surface area contributed by atoms with Gasteiger partial charge in [0, 0.05) is 6.54 Å². The lowest BCUT2D eigenvalue weighted by Crippen LogP contribution is -2.23. The first-order valence-electron chi connectivity index (χ1n) is 6.60. The maximum absolute atomic E-state index is 9.29. The number of carbonyl (C=O) groups excluding carboxylic acids is 1. The van der Waals surface area contributed by atoms with E-state index in [2.05, 4.69) is 33.0 Å². The molecule has 2 heteroatoms. The van der Waals surface area contributed by atoms with Gasteiger partial charge in [0.2, 0.25) is 6.41 Å². The van der Waals surface area contributed by atoms with Gasteiger partial charge < -0.3 is 5.32 Å². The molecule has 1 fully saturated rings. The SMILES string of the molecule is CC(C)C1CCC(C)(C)CC1.CCNC=O. The van der Waals surface area contributed by atoms with E-state index in [0.29, 0.717) is 11.8 Å². The molecule has 0 radical (unpaired) electrons. The zero-order valence-electron chi connectivity index (χ0n) is 11.7. The zero-order valence-corrected chi connectivity index (χ0v) is 11.7. The molecule has 0 aromatic carbocycles. The molecule has 0 bridgehead atoms. The van der Waals surface area contributed by atoms with Gasteiger partial charge in [0.15, 0.2) is 0 Å². The summed E-state index contributed by atoms with van der Waals surface area (Å²) < 4.78 is 0. The van der Waals surface area contributed by atoms with Crippen LogP contribution in [-0.2, 0) is 4.79 Å². The maximum atomic E-state index is 9.29. The van der Waals surface area contributed by atoms with Crippen LogP contribution in [0.15, 0.2) is 0 Å². The molecule has 0 aliphatic heterocycles. The highest BCUT2D eigenvalue weighted by Crippen LogP contribution is 2.40. The van der Waals surface area contributed by atoms with E-state index in [4.69, 9.17) is 0 Å². The molecule has 0 spiro atoms. The van der Waals surface area contributed by atoms with Gasteiger partial charge in [-0.15, -0.1) is 0 Å². The molecule has 0 heterocycles. The Hall–Kier alpha value is -0.530. The molecule has 1 N–H and O–H groups in total.